The molecule has 0 bridgehead atoms. The number of methoxy groups -OCH3 is 1. The first-order valence-electron chi connectivity index (χ1n) is 14.6. The van der Waals surface area contributed by atoms with Crippen molar-refractivity contribution in [3.8, 4) is 11.5 Å². The van der Waals surface area contributed by atoms with Gasteiger partial charge in [0.25, 0.3) is 0 Å². The first-order chi connectivity index (χ1) is 20.0. The number of aromatic nitrogens is 1. The fourth-order valence-electron chi connectivity index (χ4n) is 5.94. The summed E-state index contributed by atoms with van der Waals surface area (Å²) in [5, 5.41) is 23.3. The number of urea groups is 1. The molecule has 9 nitrogen and oxygen atoms in total. The molecule has 5 rings (SSSR count). The molecule has 222 valence electrons. The Labute approximate surface area is 247 Å². The molecule has 1 aliphatic carbocycles. The molecule has 0 radical (unpaired) electrons. The number of fused-ring (bicyclic) bond motifs is 1. The van der Waals surface area contributed by atoms with Crippen LogP contribution in [0.15, 0.2) is 60.8 Å². The monoisotopic (exact) mass is 570 g/mol. The van der Waals surface area contributed by atoms with Crippen LogP contribution >= 0.6 is 0 Å². The van der Waals surface area contributed by atoms with E-state index in [9.17, 15) is 4.79 Å². The average Bonchev–Trinajstić information content (AvgIpc) is 3.40. The molecule has 3 atom stereocenters. The first kappa shape index (κ1) is 29.4. The molecule has 2 aromatic carbocycles. The van der Waals surface area contributed by atoms with Gasteiger partial charge in [-0.05, 0) is 85.6 Å². The summed E-state index contributed by atoms with van der Waals surface area (Å²) in [6, 6.07) is 16.9. The van der Waals surface area contributed by atoms with Crippen LogP contribution < -0.4 is 25.6 Å². The quantitative estimate of drug-likeness (QED) is 0.216. The number of rotatable bonds is 6. The van der Waals surface area contributed by atoms with E-state index in [1.807, 2.05) is 49.5 Å². The average molecular weight is 571 g/mol. The van der Waals surface area contributed by atoms with Gasteiger partial charge in [-0.3, -0.25) is 20.3 Å². The van der Waals surface area contributed by atoms with Crippen molar-refractivity contribution in [3.05, 3.63) is 83.0 Å². The Morgan fingerprint density at radius 3 is 2.48 bits per heavy atom. The third-order valence-electron chi connectivity index (χ3n) is 8.35. The minimum atomic E-state index is -0.291. The summed E-state index contributed by atoms with van der Waals surface area (Å²) in [5.74, 6) is 1.62. The van der Waals surface area contributed by atoms with Crippen molar-refractivity contribution < 1.29 is 14.3 Å². The van der Waals surface area contributed by atoms with Gasteiger partial charge in [0.2, 0.25) is 0 Å². The molecular weight excluding hydrogens is 528 g/mol. The van der Waals surface area contributed by atoms with Crippen LogP contribution in [0.3, 0.4) is 0 Å². The third kappa shape index (κ3) is 6.21. The van der Waals surface area contributed by atoms with E-state index in [-0.39, 0.29) is 35.1 Å². The smallest absolute Gasteiger partial charge is 0.319 e. The highest BCUT2D eigenvalue weighted by molar-refractivity contribution is 5.91. The van der Waals surface area contributed by atoms with Gasteiger partial charge in [-0.2, -0.15) is 0 Å². The Balaban J connectivity index is 1.31. The van der Waals surface area contributed by atoms with E-state index < -0.39 is 0 Å². The number of benzene rings is 2. The van der Waals surface area contributed by atoms with E-state index in [0.717, 1.165) is 36.1 Å². The van der Waals surface area contributed by atoms with E-state index in [2.05, 4.69) is 36.3 Å². The molecule has 3 aromatic rings. The van der Waals surface area contributed by atoms with Crippen LogP contribution in [-0.2, 0) is 5.41 Å². The van der Waals surface area contributed by atoms with Gasteiger partial charge in [0.1, 0.15) is 28.9 Å². The number of likely N-dealkylation sites (N-methyl/N-ethyl adjacent to an activating group) is 1. The minimum absolute atomic E-state index is 0.00126. The fourth-order valence-corrected chi connectivity index (χ4v) is 5.94. The maximum atomic E-state index is 13.2. The van der Waals surface area contributed by atoms with Crippen LogP contribution in [0.25, 0.3) is 0 Å². The number of ether oxygens (including phenoxy) is 2. The molecule has 1 fully saturated rings. The Kier molecular flexibility index (Phi) is 8.41. The normalized spacial score (nSPS) is 20.5. The van der Waals surface area contributed by atoms with Gasteiger partial charge in [0, 0.05) is 0 Å². The highest BCUT2D eigenvalue weighted by atomic mass is 16.5. The van der Waals surface area contributed by atoms with Crippen molar-refractivity contribution in [3.63, 3.8) is 0 Å². The van der Waals surface area contributed by atoms with Crippen molar-refractivity contribution in [2.45, 2.75) is 70.1 Å². The van der Waals surface area contributed by atoms with E-state index in [1.165, 1.54) is 0 Å². The second kappa shape index (κ2) is 12.0. The maximum Gasteiger partial charge on any atom is 0.319 e. The maximum absolute atomic E-state index is 13.2. The van der Waals surface area contributed by atoms with Crippen LogP contribution in [0.5, 0.6) is 11.5 Å². The summed E-state index contributed by atoms with van der Waals surface area (Å²) in [7, 11) is 3.63. The topological polar surface area (TPSA) is 115 Å². The minimum Gasteiger partial charge on any atom is -0.495 e. The number of nitrogens with one attached hydrogen (secondary N) is 4. The van der Waals surface area contributed by atoms with Crippen molar-refractivity contribution >= 4 is 17.6 Å². The summed E-state index contributed by atoms with van der Waals surface area (Å²) in [4.78, 5) is 15.4. The number of anilines is 1. The number of hydrogen-bond acceptors (Lipinski definition) is 6. The molecule has 2 heterocycles. The SMILES string of the molecule is COc1ccc(C(C)(C)C)cc1NC(=O)NC1CCC(Oc2ccc(=N)n(C(=N)[C@@H]3CCCN3C)c2)c2ccccc21. The molecule has 2 aliphatic rings. The van der Waals surface area contributed by atoms with Gasteiger partial charge >= 0.3 is 6.03 Å². The van der Waals surface area contributed by atoms with Gasteiger partial charge in [-0.15, -0.1) is 0 Å². The van der Waals surface area contributed by atoms with Crippen LogP contribution in [0.1, 0.15) is 75.3 Å². The van der Waals surface area contributed by atoms with E-state index in [0.29, 0.717) is 35.9 Å². The van der Waals surface area contributed by atoms with Gasteiger partial charge in [0.15, 0.2) is 0 Å². The number of carbonyl (C=O) groups excluding carboxylic acids is 1. The summed E-state index contributed by atoms with van der Waals surface area (Å²) in [6.45, 7) is 7.36. The lowest BCUT2D eigenvalue weighted by Gasteiger charge is -2.32. The number of pyridine rings is 1. The number of hydrogen-bond donors (Lipinski definition) is 4. The number of nitrogens with zero attached hydrogens (tertiary/aromatic N) is 2. The van der Waals surface area contributed by atoms with Crippen molar-refractivity contribution in [2.24, 2.45) is 0 Å². The fraction of sp³-hybridized carbons (Fsp3) is 0.424. The Morgan fingerprint density at radius 1 is 1.02 bits per heavy atom. The second-order valence-electron chi connectivity index (χ2n) is 12.3. The number of amides is 2. The van der Waals surface area contributed by atoms with Crippen LogP contribution in [0, 0.1) is 10.8 Å². The molecule has 9 heteroatoms. The molecule has 1 saturated heterocycles. The molecule has 2 unspecified atom stereocenters. The Morgan fingerprint density at radius 2 is 1.79 bits per heavy atom. The van der Waals surface area contributed by atoms with Gasteiger partial charge in [0.05, 0.1) is 31.1 Å². The second-order valence-corrected chi connectivity index (χ2v) is 12.3. The summed E-state index contributed by atoms with van der Waals surface area (Å²) >= 11 is 0. The zero-order valence-corrected chi connectivity index (χ0v) is 25.2. The predicted octanol–water partition coefficient (Wildman–Crippen LogP) is 5.97. The lowest BCUT2D eigenvalue weighted by molar-refractivity contribution is 0.171. The zero-order chi connectivity index (χ0) is 30.0. The molecule has 2 amide bonds. The van der Waals surface area contributed by atoms with E-state index in [4.69, 9.17) is 20.3 Å². The standard InChI is InChI=1S/C33H42N6O3/c1-33(2,3)21-12-15-29(41-5)26(19-21)37-32(40)36-25-14-16-28(24-10-7-6-9-23(24)25)42-22-13-17-30(34)39(20-22)31(35)27-11-8-18-38(27)4/h6-7,9-10,12-13,15,17,19-20,25,27-28,34-35H,8,11,14,16,18H2,1-5H3,(H2,36,37,40)/t25?,27-,28?/m0/s1. The molecular formula is C33H42N6O3. The molecule has 1 aromatic heterocycles. The summed E-state index contributed by atoms with van der Waals surface area (Å²) in [6.07, 6.45) is 4.93. The third-order valence-corrected chi connectivity index (χ3v) is 8.35. The highest BCUT2D eigenvalue weighted by Gasteiger charge is 2.30. The van der Waals surface area contributed by atoms with Crippen LogP contribution in [0.4, 0.5) is 10.5 Å². The van der Waals surface area contributed by atoms with Gasteiger partial charge in [-0.1, -0.05) is 51.1 Å². The highest BCUT2D eigenvalue weighted by Crippen LogP contribution is 2.39. The summed E-state index contributed by atoms with van der Waals surface area (Å²) in [5.41, 5.74) is 3.97. The molecule has 42 heavy (non-hydrogen) atoms. The molecule has 4 N–H and O–H groups in total. The van der Waals surface area contributed by atoms with Crippen LogP contribution in [-0.4, -0.2) is 48.1 Å². The van der Waals surface area contributed by atoms with Crippen molar-refractivity contribution in [2.75, 3.05) is 26.0 Å². The van der Waals surface area contributed by atoms with Gasteiger partial charge in [-0.25, -0.2) is 4.79 Å². The van der Waals surface area contributed by atoms with Crippen LogP contribution in [0.2, 0.25) is 0 Å². The Bertz CT molecular complexity index is 1520. The molecule has 1 aliphatic heterocycles. The molecule has 0 saturated carbocycles. The van der Waals surface area contributed by atoms with E-state index >= 15 is 0 Å². The first-order valence-corrected chi connectivity index (χ1v) is 14.6. The predicted molar refractivity (Wildman–Crippen MR) is 165 cm³/mol. The number of likely N-dealkylation sites (tertiary alicyclic amines) is 1. The Hall–Kier alpha value is -4.11. The zero-order valence-electron chi connectivity index (χ0n) is 25.2. The largest absolute Gasteiger partial charge is 0.495 e. The lowest BCUT2D eigenvalue weighted by atomic mass is 9.85. The van der Waals surface area contributed by atoms with E-state index in [1.54, 1.807) is 30.0 Å². The molecule has 0 spiro atoms. The lowest BCUT2D eigenvalue weighted by Crippen LogP contribution is -2.40. The van der Waals surface area contributed by atoms with Crippen molar-refractivity contribution in [1.29, 1.82) is 10.8 Å². The van der Waals surface area contributed by atoms with Gasteiger partial charge < -0.3 is 20.1 Å². The summed E-state index contributed by atoms with van der Waals surface area (Å²) < 4.78 is 13.6. The number of carbonyl (C=O) groups is 1. The van der Waals surface area contributed by atoms with Crippen molar-refractivity contribution in [1.82, 2.24) is 14.8 Å².